The molecule has 0 amide bonds. The number of halogens is 1. The molecule has 23 heavy (non-hydrogen) atoms. The van der Waals surface area contributed by atoms with E-state index in [1.165, 1.54) is 4.31 Å². The summed E-state index contributed by atoms with van der Waals surface area (Å²) in [4.78, 5) is 8.68. The van der Waals surface area contributed by atoms with Crippen molar-refractivity contribution in [3.8, 4) is 5.75 Å². The number of fused-ring (bicyclic) bond motifs is 1. The summed E-state index contributed by atoms with van der Waals surface area (Å²) >= 11 is 4.38. The van der Waals surface area contributed by atoms with Gasteiger partial charge in [0.2, 0.25) is 0 Å². The van der Waals surface area contributed by atoms with Crippen molar-refractivity contribution in [2.24, 2.45) is 0 Å². The van der Waals surface area contributed by atoms with E-state index in [2.05, 4.69) is 9.97 Å². The molecule has 2 aromatic carbocycles. The lowest BCUT2D eigenvalue weighted by Gasteiger charge is -2.17. The highest BCUT2D eigenvalue weighted by Gasteiger charge is 2.18. The van der Waals surface area contributed by atoms with Gasteiger partial charge < -0.3 is 4.18 Å². The average Bonchev–Trinajstić information content (AvgIpc) is 2.55. The lowest BCUT2D eigenvalue weighted by atomic mass is 10.2. The Labute approximate surface area is 141 Å². The highest BCUT2D eigenvalue weighted by Crippen LogP contribution is 2.25. The standard InChI is InChI=1S/C16H14ClN3O2S/c1-11-7-9-12(10-8-11)22-23(21)20(2)16-15(17)18-13-5-3-4-6-14(13)19-16/h3-10H,1-2H3/t23-/m1/s1. The quantitative estimate of drug-likeness (QED) is 0.722. The molecule has 0 N–H and O–H groups in total. The Morgan fingerprint density at radius 2 is 1.65 bits per heavy atom. The Bertz CT molecular complexity index is 871. The van der Waals surface area contributed by atoms with Gasteiger partial charge in [-0.2, -0.15) is 4.21 Å². The zero-order chi connectivity index (χ0) is 16.4. The number of nitrogens with zero attached hydrogens (tertiary/aromatic N) is 3. The molecular formula is C16H14ClN3O2S. The van der Waals surface area contributed by atoms with Crippen LogP contribution >= 0.6 is 11.6 Å². The van der Waals surface area contributed by atoms with Gasteiger partial charge in [0.15, 0.2) is 11.0 Å². The molecule has 0 radical (unpaired) electrons. The van der Waals surface area contributed by atoms with Crippen LogP contribution in [0.5, 0.6) is 5.75 Å². The van der Waals surface area contributed by atoms with Crippen LogP contribution in [0, 0.1) is 6.92 Å². The molecule has 0 aliphatic carbocycles. The Morgan fingerprint density at radius 3 is 2.30 bits per heavy atom. The second-order valence-electron chi connectivity index (χ2n) is 4.94. The first-order valence-electron chi connectivity index (χ1n) is 6.87. The van der Waals surface area contributed by atoms with Crippen LogP contribution < -0.4 is 8.49 Å². The van der Waals surface area contributed by atoms with E-state index in [0.29, 0.717) is 22.6 Å². The molecule has 0 bridgehead atoms. The Hall–Kier alpha value is -2.18. The van der Waals surface area contributed by atoms with Crippen molar-refractivity contribution in [1.82, 2.24) is 9.97 Å². The normalized spacial score (nSPS) is 12.1. The number of aromatic nitrogens is 2. The lowest BCUT2D eigenvalue weighted by Crippen LogP contribution is -2.26. The third-order valence-corrected chi connectivity index (χ3v) is 4.43. The topological polar surface area (TPSA) is 55.3 Å². The largest absolute Gasteiger partial charge is 0.385 e. The summed E-state index contributed by atoms with van der Waals surface area (Å²) in [7, 11) is 1.59. The van der Waals surface area contributed by atoms with Crippen molar-refractivity contribution in [2.45, 2.75) is 6.92 Å². The van der Waals surface area contributed by atoms with Gasteiger partial charge in [0.1, 0.15) is 5.75 Å². The highest BCUT2D eigenvalue weighted by atomic mass is 35.5. The van der Waals surface area contributed by atoms with Crippen molar-refractivity contribution >= 4 is 39.7 Å². The molecule has 1 aromatic heterocycles. The van der Waals surface area contributed by atoms with E-state index in [1.54, 1.807) is 19.2 Å². The van der Waals surface area contributed by atoms with Gasteiger partial charge in [-0.1, -0.05) is 41.4 Å². The van der Waals surface area contributed by atoms with Crippen LogP contribution in [0.1, 0.15) is 5.56 Å². The summed E-state index contributed by atoms with van der Waals surface area (Å²) in [5.74, 6) is 0.807. The van der Waals surface area contributed by atoms with Crippen molar-refractivity contribution in [1.29, 1.82) is 0 Å². The first kappa shape index (κ1) is 15.7. The lowest BCUT2D eigenvalue weighted by molar-refractivity contribution is 0.560. The van der Waals surface area contributed by atoms with Gasteiger partial charge in [-0.3, -0.25) is 0 Å². The first-order chi connectivity index (χ1) is 11.0. The summed E-state index contributed by atoms with van der Waals surface area (Å²) in [6, 6.07) is 14.6. The third-order valence-electron chi connectivity index (χ3n) is 3.22. The molecule has 0 spiro atoms. The molecule has 0 fully saturated rings. The number of anilines is 1. The predicted octanol–water partition coefficient (Wildman–Crippen LogP) is 3.69. The van der Waals surface area contributed by atoms with E-state index in [1.807, 2.05) is 43.3 Å². The SMILES string of the molecule is Cc1ccc(O[S@@](=O)N(C)c2nc3ccccc3nc2Cl)cc1. The summed E-state index contributed by atoms with van der Waals surface area (Å²) in [6.45, 7) is 1.97. The molecule has 3 aromatic rings. The predicted molar refractivity (Wildman–Crippen MR) is 92.9 cm³/mol. The second-order valence-corrected chi connectivity index (χ2v) is 6.44. The minimum absolute atomic E-state index is 0.173. The molecule has 0 aliphatic heterocycles. The number of hydrogen-bond donors (Lipinski definition) is 0. The maximum atomic E-state index is 12.4. The average molecular weight is 348 g/mol. The zero-order valence-corrected chi connectivity index (χ0v) is 14.1. The Balaban J connectivity index is 1.87. The van der Waals surface area contributed by atoms with Gasteiger partial charge in [0.25, 0.3) is 0 Å². The third kappa shape index (κ3) is 3.43. The van der Waals surface area contributed by atoms with Crippen LogP contribution in [0.2, 0.25) is 5.15 Å². The number of aryl methyl sites for hydroxylation is 1. The minimum atomic E-state index is -1.78. The van der Waals surface area contributed by atoms with Crippen LogP contribution in [0.3, 0.4) is 0 Å². The van der Waals surface area contributed by atoms with Gasteiger partial charge in [-0.05, 0) is 31.2 Å². The molecule has 3 rings (SSSR count). The van der Waals surface area contributed by atoms with Crippen molar-refractivity contribution in [3.63, 3.8) is 0 Å². The molecule has 5 nitrogen and oxygen atoms in total. The van der Waals surface area contributed by atoms with Crippen LogP contribution in [0.4, 0.5) is 5.82 Å². The second kappa shape index (κ2) is 6.52. The van der Waals surface area contributed by atoms with E-state index in [0.717, 1.165) is 5.56 Å². The van der Waals surface area contributed by atoms with Crippen LogP contribution in [-0.2, 0) is 11.3 Å². The van der Waals surface area contributed by atoms with Gasteiger partial charge in [-0.25, -0.2) is 14.3 Å². The maximum Gasteiger partial charge on any atom is 0.319 e. The fraction of sp³-hybridized carbons (Fsp3) is 0.125. The molecule has 0 saturated carbocycles. The fourth-order valence-corrected chi connectivity index (χ4v) is 2.94. The fourth-order valence-electron chi connectivity index (χ4n) is 1.97. The Morgan fingerprint density at radius 1 is 1.04 bits per heavy atom. The van der Waals surface area contributed by atoms with Crippen molar-refractivity contribution in [3.05, 3.63) is 59.2 Å². The number of para-hydroxylation sites is 2. The van der Waals surface area contributed by atoms with Gasteiger partial charge in [0.05, 0.1) is 11.0 Å². The smallest absolute Gasteiger partial charge is 0.319 e. The summed E-state index contributed by atoms with van der Waals surface area (Å²) in [5, 5.41) is 0.173. The summed E-state index contributed by atoms with van der Waals surface area (Å²) < 4.78 is 19.1. The number of rotatable bonds is 4. The van der Waals surface area contributed by atoms with E-state index in [-0.39, 0.29) is 5.15 Å². The van der Waals surface area contributed by atoms with E-state index in [4.69, 9.17) is 15.8 Å². The van der Waals surface area contributed by atoms with E-state index < -0.39 is 11.3 Å². The monoisotopic (exact) mass is 347 g/mol. The molecule has 0 aliphatic rings. The molecule has 0 saturated heterocycles. The van der Waals surface area contributed by atoms with Crippen LogP contribution in [0.15, 0.2) is 48.5 Å². The number of hydrogen-bond acceptors (Lipinski definition) is 4. The number of benzene rings is 2. The maximum absolute atomic E-state index is 12.4. The van der Waals surface area contributed by atoms with Gasteiger partial charge >= 0.3 is 11.3 Å². The van der Waals surface area contributed by atoms with Crippen molar-refractivity contribution < 1.29 is 8.39 Å². The van der Waals surface area contributed by atoms with Crippen LogP contribution in [-0.4, -0.2) is 21.2 Å². The minimum Gasteiger partial charge on any atom is -0.385 e. The Kier molecular flexibility index (Phi) is 4.45. The highest BCUT2D eigenvalue weighted by molar-refractivity contribution is 7.82. The molecule has 0 unspecified atom stereocenters. The molecular weight excluding hydrogens is 334 g/mol. The van der Waals surface area contributed by atoms with Gasteiger partial charge in [0, 0.05) is 7.05 Å². The van der Waals surface area contributed by atoms with Crippen LogP contribution in [0.25, 0.3) is 11.0 Å². The first-order valence-corrected chi connectivity index (χ1v) is 8.28. The van der Waals surface area contributed by atoms with E-state index >= 15 is 0 Å². The summed E-state index contributed by atoms with van der Waals surface area (Å²) in [5.41, 5.74) is 2.45. The zero-order valence-electron chi connectivity index (χ0n) is 12.6. The molecule has 1 heterocycles. The summed E-state index contributed by atoms with van der Waals surface area (Å²) in [6.07, 6.45) is 0. The van der Waals surface area contributed by atoms with Crippen molar-refractivity contribution in [2.75, 3.05) is 11.4 Å². The van der Waals surface area contributed by atoms with Gasteiger partial charge in [-0.15, -0.1) is 0 Å². The molecule has 7 heteroatoms. The molecule has 118 valence electrons. The van der Waals surface area contributed by atoms with E-state index in [9.17, 15) is 4.21 Å². The molecule has 1 atom stereocenters.